The van der Waals surface area contributed by atoms with Crippen molar-refractivity contribution in [2.24, 2.45) is 0 Å². The molecule has 0 bridgehead atoms. The first-order valence-electron chi connectivity index (χ1n) is 5.12. The Hall–Kier alpha value is -0.570. The quantitative estimate of drug-likeness (QED) is 0.669. The van der Waals surface area contributed by atoms with Gasteiger partial charge in [0, 0.05) is 13.0 Å². The van der Waals surface area contributed by atoms with Gasteiger partial charge in [-0.15, -0.1) is 0 Å². The van der Waals surface area contributed by atoms with Crippen LogP contribution in [0.25, 0.3) is 0 Å². The van der Waals surface area contributed by atoms with Gasteiger partial charge in [0.25, 0.3) is 0 Å². The Balaban J connectivity index is 1.95. The van der Waals surface area contributed by atoms with Crippen LogP contribution in [0.4, 0.5) is 0 Å². The molecule has 0 spiro atoms. The smallest absolute Gasteiger partial charge is 0.303 e. The van der Waals surface area contributed by atoms with Crippen LogP contribution < -0.4 is 0 Å². The molecule has 1 rings (SSSR count). The summed E-state index contributed by atoms with van der Waals surface area (Å²) in [6, 6.07) is 0. The van der Waals surface area contributed by atoms with Crippen molar-refractivity contribution in [2.75, 3.05) is 6.61 Å². The third kappa shape index (κ3) is 4.88. The third-order valence-corrected chi connectivity index (χ3v) is 2.44. The van der Waals surface area contributed by atoms with Gasteiger partial charge in [-0.2, -0.15) is 0 Å². The molecule has 0 atom stereocenters. The van der Waals surface area contributed by atoms with E-state index < -0.39 is 5.97 Å². The molecule has 0 heterocycles. The van der Waals surface area contributed by atoms with Crippen LogP contribution in [0.5, 0.6) is 0 Å². The van der Waals surface area contributed by atoms with Crippen LogP contribution in [0.15, 0.2) is 0 Å². The van der Waals surface area contributed by atoms with Gasteiger partial charge < -0.3 is 9.84 Å². The monoisotopic (exact) mass is 186 g/mol. The van der Waals surface area contributed by atoms with Crippen LogP contribution in [-0.2, 0) is 9.53 Å². The maximum Gasteiger partial charge on any atom is 0.303 e. The summed E-state index contributed by atoms with van der Waals surface area (Å²) in [7, 11) is 0. The topological polar surface area (TPSA) is 46.5 Å². The lowest BCUT2D eigenvalue weighted by Gasteiger charge is -2.21. The van der Waals surface area contributed by atoms with Crippen molar-refractivity contribution in [3.05, 3.63) is 0 Å². The first kappa shape index (κ1) is 10.5. The van der Waals surface area contributed by atoms with Gasteiger partial charge in [-0.25, -0.2) is 0 Å². The van der Waals surface area contributed by atoms with E-state index in [1.54, 1.807) is 0 Å². The number of hydrogen-bond donors (Lipinski definition) is 1. The van der Waals surface area contributed by atoms with Gasteiger partial charge in [0.2, 0.25) is 0 Å². The standard InChI is InChI=1S/C10H18O3/c11-10(12)7-4-8-13-9-5-2-1-3-6-9/h9H,1-8H2,(H,11,12). The van der Waals surface area contributed by atoms with Gasteiger partial charge >= 0.3 is 5.97 Å². The molecule has 1 aliphatic rings. The molecule has 0 aromatic rings. The predicted molar refractivity (Wildman–Crippen MR) is 49.7 cm³/mol. The fourth-order valence-electron chi connectivity index (χ4n) is 1.71. The summed E-state index contributed by atoms with van der Waals surface area (Å²) in [4.78, 5) is 10.2. The Morgan fingerprint density at radius 3 is 2.62 bits per heavy atom. The minimum absolute atomic E-state index is 0.229. The van der Waals surface area contributed by atoms with E-state index in [4.69, 9.17) is 9.84 Å². The van der Waals surface area contributed by atoms with Crippen molar-refractivity contribution in [1.29, 1.82) is 0 Å². The van der Waals surface area contributed by atoms with Gasteiger partial charge in [0.15, 0.2) is 0 Å². The summed E-state index contributed by atoms with van der Waals surface area (Å²) >= 11 is 0. The Morgan fingerprint density at radius 2 is 2.00 bits per heavy atom. The molecule has 1 saturated carbocycles. The number of carboxylic acid groups (broad SMARTS) is 1. The first-order valence-corrected chi connectivity index (χ1v) is 5.12. The maximum absolute atomic E-state index is 10.2. The number of hydrogen-bond acceptors (Lipinski definition) is 2. The van der Waals surface area contributed by atoms with Crippen LogP contribution in [-0.4, -0.2) is 23.8 Å². The second-order valence-corrected chi connectivity index (χ2v) is 3.63. The van der Waals surface area contributed by atoms with Crippen LogP contribution in [0.3, 0.4) is 0 Å². The van der Waals surface area contributed by atoms with Crippen LogP contribution >= 0.6 is 0 Å². The highest BCUT2D eigenvalue weighted by atomic mass is 16.5. The number of aliphatic carboxylic acids is 1. The van der Waals surface area contributed by atoms with Gasteiger partial charge in [0.05, 0.1) is 6.10 Å². The summed E-state index contributed by atoms with van der Waals surface area (Å²) in [5.41, 5.74) is 0. The molecule has 13 heavy (non-hydrogen) atoms. The zero-order chi connectivity index (χ0) is 9.52. The molecule has 0 amide bonds. The fourth-order valence-corrected chi connectivity index (χ4v) is 1.71. The van der Waals surface area contributed by atoms with E-state index in [1.807, 2.05) is 0 Å². The van der Waals surface area contributed by atoms with Crippen LogP contribution in [0.1, 0.15) is 44.9 Å². The van der Waals surface area contributed by atoms with Gasteiger partial charge in [-0.05, 0) is 19.3 Å². The van der Waals surface area contributed by atoms with Gasteiger partial charge in [-0.1, -0.05) is 19.3 Å². The molecule has 1 N–H and O–H groups in total. The number of carbonyl (C=O) groups is 1. The van der Waals surface area contributed by atoms with E-state index in [-0.39, 0.29) is 6.42 Å². The van der Waals surface area contributed by atoms with Crippen LogP contribution in [0, 0.1) is 0 Å². The molecule has 0 unspecified atom stereocenters. The average Bonchev–Trinajstić information content (AvgIpc) is 2.14. The molecule has 0 saturated heterocycles. The lowest BCUT2D eigenvalue weighted by Crippen LogP contribution is -2.17. The van der Waals surface area contributed by atoms with Crippen LogP contribution in [0.2, 0.25) is 0 Å². The van der Waals surface area contributed by atoms with E-state index in [0.29, 0.717) is 19.1 Å². The molecule has 0 radical (unpaired) electrons. The lowest BCUT2D eigenvalue weighted by atomic mass is 9.98. The normalized spacial score (nSPS) is 18.8. The molecule has 3 nitrogen and oxygen atoms in total. The molecule has 3 heteroatoms. The summed E-state index contributed by atoms with van der Waals surface area (Å²) in [5.74, 6) is -0.729. The summed E-state index contributed by atoms with van der Waals surface area (Å²) < 4.78 is 5.57. The Morgan fingerprint density at radius 1 is 1.31 bits per heavy atom. The number of rotatable bonds is 5. The SMILES string of the molecule is O=C(O)CCCOC1CCCCC1. The van der Waals surface area contributed by atoms with E-state index >= 15 is 0 Å². The van der Waals surface area contributed by atoms with Crippen molar-refractivity contribution in [3.63, 3.8) is 0 Å². The highest BCUT2D eigenvalue weighted by Gasteiger charge is 2.13. The molecule has 1 fully saturated rings. The van der Waals surface area contributed by atoms with E-state index in [0.717, 1.165) is 12.8 Å². The first-order chi connectivity index (χ1) is 6.29. The van der Waals surface area contributed by atoms with E-state index in [1.165, 1.54) is 19.3 Å². The summed E-state index contributed by atoms with van der Waals surface area (Å²) in [5, 5.41) is 8.39. The van der Waals surface area contributed by atoms with Gasteiger partial charge in [0.1, 0.15) is 0 Å². The van der Waals surface area contributed by atoms with Crippen molar-refractivity contribution in [3.8, 4) is 0 Å². The Labute approximate surface area is 79.1 Å². The Bertz CT molecular complexity index is 150. The summed E-state index contributed by atoms with van der Waals surface area (Å²) in [6.45, 7) is 0.608. The lowest BCUT2D eigenvalue weighted by molar-refractivity contribution is -0.137. The second-order valence-electron chi connectivity index (χ2n) is 3.63. The summed E-state index contributed by atoms with van der Waals surface area (Å²) in [6.07, 6.45) is 7.46. The van der Waals surface area contributed by atoms with Crippen molar-refractivity contribution in [1.82, 2.24) is 0 Å². The highest BCUT2D eigenvalue weighted by Crippen LogP contribution is 2.20. The third-order valence-electron chi connectivity index (χ3n) is 2.44. The zero-order valence-electron chi connectivity index (χ0n) is 8.00. The van der Waals surface area contributed by atoms with Gasteiger partial charge in [-0.3, -0.25) is 4.79 Å². The molecular weight excluding hydrogens is 168 g/mol. The van der Waals surface area contributed by atoms with Crippen molar-refractivity contribution in [2.45, 2.75) is 51.0 Å². The van der Waals surface area contributed by atoms with E-state index in [2.05, 4.69) is 0 Å². The van der Waals surface area contributed by atoms with E-state index in [9.17, 15) is 4.79 Å². The molecule has 1 aliphatic carbocycles. The molecular formula is C10H18O3. The van der Waals surface area contributed by atoms with Crippen molar-refractivity contribution >= 4 is 5.97 Å². The molecule has 0 aromatic heterocycles. The number of carboxylic acids is 1. The molecule has 0 aliphatic heterocycles. The second kappa shape index (κ2) is 5.97. The maximum atomic E-state index is 10.2. The number of ether oxygens (including phenoxy) is 1. The fraction of sp³-hybridized carbons (Fsp3) is 0.900. The minimum Gasteiger partial charge on any atom is -0.481 e. The minimum atomic E-state index is -0.729. The molecule has 76 valence electrons. The molecule has 0 aromatic carbocycles. The largest absolute Gasteiger partial charge is 0.481 e. The average molecular weight is 186 g/mol. The highest BCUT2D eigenvalue weighted by molar-refractivity contribution is 5.66. The van der Waals surface area contributed by atoms with Crippen molar-refractivity contribution < 1.29 is 14.6 Å². The zero-order valence-corrected chi connectivity index (χ0v) is 8.00. The Kier molecular flexibility index (Phi) is 4.83. The predicted octanol–water partition coefficient (Wildman–Crippen LogP) is 2.20.